The van der Waals surface area contributed by atoms with E-state index in [1.165, 1.54) is 20.2 Å². The van der Waals surface area contributed by atoms with Gasteiger partial charge in [-0.05, 0) is 12.1 Å². The number of hydrogen-bond acceptors (Lipinski definition) is 3. The number of carbonyl (C=O) groups excluding carboxylic acids is 1. The highest BCUT2D eigenvalue weighted by Crippen LogP contribution is 2.22. The summed E-state index contributed by atoms with van der Waals surface area (Å²) in [6.45, 7) is 0. The zero-order valence-corrected chi connectivity index (χ0v) is 9.68. The molecule has 0 saturated carbocycles. The maximum atomic E-state index is 13.2. The third-order valence-corrected chi connectivity index (χ3v) is 2.90. The number of thioether (sulfide) groups is 1. The van der Waals surface area contributed by atoms with E-state index in [2.05, 4.69) is 4.84 Å². The average Bonchev–Trinajstić information content (AvgIpc) is 2.26. The number of carbonyl (C=O) groups is 1. The molecule has 6 heteroatoms. The fourth-order valence-electron chi connectivity index (χ4n) is 0.924. The molecular formula is C10H11F2NO2S. The summed E-state index contributed by atoms with van der Waals surface area (Å²) < 4.78 is 25.8. The van der Waals surface area contributed by atoms with Gasteiger partial charge in [0, 0.05) is 18.0 Å². The lowest BCUT2D eigenvalue weighted by Crippen LogP contribution is -2.26. The van der Waals surface area contributed by atoms with Crippen molar-refractivity contribution in [2.75, 3.05) is 19.9 Å². The van der Waals surface area contributed by atoms with Crippen LogP contribution in [0, 0.1) is 11.6 Å². The molecule has 3 nitrogen and oxygen atoms in total. The Bertz CT molecular complexity index is 387. The first kappa shape index (κ1) is 12.9. The number of rotatable bonds is 4. The van der Waals surface area contributed by atoms with Crippen LogP contribution in [0.4, 0.5) is 8.78 Å². The second-order valence-corrected chi connectivity index (χ2v) is 3.95. The molecule has 0 saturated heterocycles. The van der Waals surface area contributed by atoms with Gasteiger partial charge in [-0.1, -0.05) is 0 Å². The van der Waals surface area contributed by atoms with E-state index in [0.29, 0.717) is 0 Å². The summed E-state index contributed by atoms with van der Waals surface area (Å²) in [5, 5.41) is 1.05. The van der Waals surface area contributed by atoms with Crippen LogP contribution in [0.2, 0.25) is 0 Å². The van der Waals surface area contributed by atoms with Gasteiger partial charge in [-0.3, -0.25) is 9.63 Å². The first-order valence-electron chi connectivity index (χ1n) is 4.43. The van der Waals surface area contributed by atoms with Crippen LogP contribution in [0.3, 0.4) is 0 Å². The maximum absolute atomic E-state index is 13.2. The molecule has 1 aromatic carbocycles. The highest BCUT2D eigenvalue weighted by molar-refractivity contribution is 8.00. The van der Waals surface area contributed by atoms with Crippen LogP contribution < -0.4 is 0 Å². The zero-order chi connectivity index (χ0) is 12.1. The SMILES string of the molecule is CON(C)C(=O)CSc1ccc(F)cc1F. The van der Waals surface area contributed by atoms with Gasteiger partial charge in [-0.15, -0.1) is 11.8 Å². The van der Waals surface area contributed by atoms with Gasteiger partial charge in [0.15, 0.2) is 0 Å². The fraction of sp³-hybridized carbons (Fsp3) is 0.300. The Kier molecular flexibility index (Phi) is 4.70. The summed E-state index contributed by atoms with van der Waals surface area (Å²) >= 11 is 0.995. The van der Waals surface area contributed by atoms with Crippen molar-refractivity contribution in [3.05, 3.63) is 29.8 Å². The topological polar surface area (TPSA) is 29.5 Å². The number of hydroxylamine groups is 2. The van der Waals surface area contributed by atoms with E-state index >= 15 is 0 Å². The van der Waals surface area contributed by atoms with Crippen molar-refractivity contribution < 1.29 is 18.4 Å². The van der Waals surface area contributed by atoms with Gasteiger partial charge in [0.25, 0.3) is 5.91 Å². The van der Waals surface area contributed by atoms with Crippen LogP contribution in [0.15, 0.2) is 23.1 Å². The van der Waals surface area contributed by atoms with Crippen molar-refractivity contribution >= 4 is 17.7 Å². The standard InChI is InChI=1S/C10H11F2NO2S/c1-13(15-2)10(14)6-16-9-4-3-7(11)5-8(9)12/h3-5H,6H2,1-2H3. The number of hydrogen-bond donors (Lipinski definition) is 0. The van der Waals surface area contributed by atoms with Gasteiger partial charge >= 0.3 is 0 Å². The summed E-state index contributed by atoms with van der Waals surface area (Å²) in [5.74, 6) is -1.57. The van der Waals surface area contributed by atoms with Crippen LogP contribution >= 0.6 is 11.8 Å². The number of halogens is 2. The van der Waals surface area contributed by atoms with Crippen molar-refractivity contribution in [1.82, 2.24) is 5.06 Å². The molecule has 0 heterocycles. The average molecular weight is 247 g/mol. The van der Waals surface area contributed by atoms with Crippen molar-refractivity contribution in [2.24, 2.45) is 0 Å². The minimum absolute atomic E-state index is 0.0346. The summed E-state index contributed by atoms with van der Waals surface area (Å²) in [6.07, 6.45) is 0. The van der Waals surface area contributed by atoms with Crippen LogP contribution in [-0.4, -0.2) is 30.9 Å². The quantitative estimate of drug-likeness (QED) is 0.602. The van der Waals surface area contributed by atoms with Gasteiger partial charge in [0.2, 0.25) is 0 Å². The second-order valence-electron chi connectivity index (χ2n) is 2.94. The van der Waals surface area contributed by atoms with E-state index in [1.54, 1.807) is 0 Å². The van der Waals surface area contributed by atoms with Crippen molar-refractivity contribution in [3.63, 3.8) is 0 Å². The van der Waals surface area contributed by atoms with Gasteiger partial charge in [0.1, 0.15) is 11.6 Å². The molecule has 0 aliphatic carbocycles. The van der Waals surface area contributed by atoms with Crippen molar-refractivity contribution in [2.45, 2.75) is 4.90 Å². The molecule has 1 amide bonds. The number of benzene rings is 1. The Morgan fingerprint density at radius 2 is 2.19 bits per heavy atom. The number of amides is 1. The van der Waals surface area contributed by atoms with Gasteiger partial charge in [-0.2, -0.15) is 0 Å². The Morgan fingerprint density at radius 3 is 2.75 bits per heavy atom. The third kappa shape index (κ3) is 3.46. The third-order valence-electron chi connectivity index (χ3n) is 1.87. The number of nitrogens with zero attached hydrogens (tertiary/aromatic N) is 1. The van der Waals surface area contributed by atoms with Crippen molar-refractivity contribution in [3.8, 4) is 0 Å². The first-order chi connectivity index (χ1) is 7.54. The molecule has 1 aromatic rings. The molecule has 88 valence electrons. The van der Waals surface area contributed by atoms with Gasteiger partial charge in [0.05, 0.1) is 12.9 Å². The van der Waals surface area contributed by atoms with E-state index < -0.39 is 11.6 Å². The molecule has 0 aliphatic heterocycles. The minimum Gasteiger partial charge on any atom is -0.275 e. The summed E-state index contributed by atoms with van der Waals surface area (Å²) in [5.41, 5.74) is 0. The molecule has 0 atom stereocenters. The minimum atomic E-state index is -0.669. The molecule has 0 radical (unpaired) electrons. The van der Waals surface area contributed by atoms with E-state index in [4.69, 9.17) is 0 Å². The Labute approximate surface area is 96.3 Å². The van der Waals surface area contributed by atoms with Crippen molar-refractivity contribution in [1.29, 1.82) is 0 Å². The Morgan fingerprint density at radius 1 is 1.50 bits per heavy atom. The van der Waals surface area contributed by atoms with Crippen LogP contribution in [0.1, 0.15) is 0 Å². The largest absolute Gasteiger partial charge is 0.275 e. The van der Waals surface area contributed by atoms with Crippen LogP contribution in [-0.2, 0) is 9.63 Å². The summed E-state index contributed by atoms with van der Waals surface area (Å²) in [4.78, 5) is 16.2. The Hall–Kier alpha value is -1.14. The van der Waals surface area contributed by atoms with E-state index in [9.17, 15) is 13.6 Å². The molecular weight excluding hydrogens is 236 g/mol. The van der Waals surface area contributed by atoms with E-state index in [-0.39, 0.29) is 16.6 Å². The Balaban J connectivity index is 2.58. The normalized spacial score (nSPS) is 10.2. The highest BCUT2D eigenvalue weighted by Gasteiger charge is 2.11. The van der Waals surface area contributed by atoms with Gasteiger partial charge < -0.3 is 0 Å². The molecule has 1 rings (SSSR count). The molecule has 0 N–H and O–H groups in total. The summed E-state index contributed by atoms with van der Waals surface area (Å²) in [6, 6.07) is 3.23. The van der Waals surface area contributed by atoms with Crippen LogP contribution in [0.5, 0.6) is 0 Å². The van der Waals surface area contributed by atoms with E-state index in [1.807, 2.05) is 0 Å². The molecule has 16 heavy (non-hydrogen) atoms. The molecule has 0 unspecified atom stereocenters. The predicted octanol–water partition coefficient (Wildman–Crippen LogP) is 2.08. The monoisotopic (exact) mass is 247 g/mol. The fourth-order valence-corrected chi connectivity index (χ4v) is 1.75. The lowest BCUT2D eigenvalue weighted by atomic mass is 10.3. The lowest BCUT2D eigenvalue weighted by molar-refractivity contribution is -0.165. The first-order valence-corrected chi connectivity index (χ1v) is 5.41. The molecule has 0 bridgehead atoms. The summed E-state index contributed by atoms with van der Waals surface area (Å²) in [7, 11) is 2.82. The lowest BCUT2D eigenvalue weighted by Gasteiger charge is -2.13. The molecule has 0 aromatic heterocycles. The second kappa shape index (κ2) is 5.81. The molecule has 0 fully saturated rings. The van der Waals surface area contributed by atoms with Crippen LogP contribution in [0.25, 0.3) is 0 Å². The predicted molar refractivity (Wildman–Crippen MR) is 56.9 cm³/mol. The zero-order valence-electron chi connectivity index (χ0n) is 8.87. The maximum Gasteiger partial charge on any atom is 0.256 e. The smallest absolute Gasteiger partial charge is 0.256 e. The molecule has 0 aliphatic rings. The van der Waals surface area contributed by atoms with Gasteiger partial charge in [-0.25, -0.2) is 13.8 Å². The highest BCUT2D eigenvalue weighted by atomic mass is 32.2. The molecule has 0 spiro atoms. The van der Waals surface area contributed by atoms with E-state index in [0.717, 1.165) is 29.0 Å².